The summed E-state index contributed by atoms with van der Waals surface area (Å²) in [5.41, 5.74) is 9.06. The van der Waals surface area contributed by atoms with E-state index >= 15 is 0 Å². The number of carbonyl (C=O) groups excluding carboxylic acids is 1. The number of nitrogens with zero attached hydrogens (tertiary/aromatic N) is 2. The van der Waals surface area contributed by atoms with E-state index in [-0.39, 0.29) is 6.03 Å². The Morgan fingerprint density at radius 1 is 1.06 bits per heavy atom. The number of amides is 2. The zero-order valence-electron chi connectivity index (χ0n) is 10.4. The number of nitrogens with two attached hydrogens (primary N) is 1. The summed E-state index contributed by atoms with van der Waals surface area (Å²) in [6.45, 7) is 7.34. The first-order chi connectivity index (χ1) is 8.06. The lowest BCUT2D eigenvalue weighted by molar-refractivity contribution is 0.204. The highest BCUT2D eigenvalue weighted by molar-refractivity contribution is 5.72. The van der Waals surface area contributed by atoms with Gasteiger partial charge in [-0.25, -0.2) is 4.79 Å². The Balaban J connectivity index is 2.07. The van der Waals surface area contributed by atoms with Gasteiger partial charge in [0.1, 0.15) is 0 Å². The zero-order valence-corrected chi connectivity index (χ0v) is 10.4. The number of aryl methyl sites for hydroxylation is 2. The molecule has 0 bridgehead atoms. The van der Waals surface area contributed by atoms with Gasteiger partial charge >= 0.3 is 6.03 Å². The number of carbonyl (C=O) groups is 1. The highest BCUT2D eigenvalue weighted by Gasteiger charge is 2.19. The molecule has 1 heterocycles. The quantitative estimate of drug-likeness (QED) is 0.799. The predicted octanol–water partition coefficient (Wildman–Crippen LogP) is 1.50. The molecule has 0 unspecified atom stereocenters. The Morgan fingerprint density at radius 3 is 2.06 bits per heavy atom. The fraction of sp³-hybridized carbons (Fsp3) is 0.462. The molecule has 4 heteroatoms. The zero-order chi connectivity index (χ0) is 12.4. The van der Waals surface area contributed by atoms with Gasteiger partial charge in [-0.15, -0.1) is 0 Å². The third-order valence-corrected chi connectivity index (χ3v) is 3.16. The largest absolute Gasteiger partial charge is 0.368 e. The normalized spacial score (nSPS) is 16.1. The topological polar surface area (TPSA) is 49.6 Å². The van der Waals surface area contributed by atoms with Crippen LogP contribution in [0, 0.1) is 13.8 Å². The summed E-state index contributed by atoms with van der Waals surface area (Å²) in [5, 5.41) is 0. The van der Waals surface area contributed by atoms with E-state index in [2.05, 4.69) is 36.9 Å². The van der Waals surface area contributed by atoms with E-state index < -0.39 is 0 Å². The Labute approximate surface area is 102 Å². The van der Waals surface area contributed by atoms with Gasteiger partial charge in [0.05, 0.1) is 0 Å². The van der Waals surface area contributed by atoms with Crippen LogP contribution in [0.3, 0.4) is 0 Å². The first-order valence-electron chi connectivity index (χ1n) is 5.94. The summed E-state index contributed by atoms with van der Waals surface area (Å²) in [7, 11) is 0. The molecule has 1 saturated heterocycles. The number of benzene rings is 1. The van der Waals surface area contributed by atoms with Crippen LogP contribution in [0.5, 0.6) is 0 Å². The van der Waals surface area contributed by atoms with Crippen LogP contribution in [-0.2, 0) is 0 Å². The number of anilines is 1. The highest BCUT2D eigenvalue weighted by atomic mass is 16.2. The predicted molar refractivity (Wildman–Crippen MR) is 69.3 cm³/mol. The highest BCUT2D eigenvalue weighted by Crippen LogP contribution is 2.20. The lowest BCUT2D eigenvalue weighted by atomic mass is 10.1. The van der Waals surface area contributed by atoms with Crippen molar-refractivity contribution >= 4 is 11.7 Å². The van der Waals surface area contributed by atoms with E-state index in [1.807, 2.05) is 0 Å². The summed E-state index contributed by atoms with van der Waals surface area (Å²) in [5.74, 6) is 0. The Kier molecular flexibility index (Phi) is 3.22. The molecule has 0 atom stereocenters. The molecule has 1 aromatic rings. The van der Waals surface area contributed by atoms with Gasteiger partial charge in [-0.3, -0.25) is 0 Å². The molecule has 1 aromatic carbocycles. The third kappa shape index (κ3) is 2.70. The number of hydrogen-bond donors (Lipinski definition) is 1. The number of primary amides is 1. The minimum absolute atomic E-state index is 0.315. The molecule has 4 nitrogen and oxygen atoms in total. The molecule has 1 aliphatic heterocycles. The minimum atomic E-state index is -0.315. The first kappa shape index (κ1) is 11.8. The van der Waals surface area contributed by atoms with Crippen molar-refractivity contribution < 1.29 is 4.79 Å². The summed E-state index contributed by atoms with van der Waals surface area (Å²) in [6.07, 6.45) is 0. The first-order valence-corrected chi connectivity index (χ1v) is 5.94. The molecular formula is C13H19N3O. The van der Waals surface area contributed by atoms with Crippen molar-refractivity contribution in [2.45, 2.75) is 13.8 Å². The van der Waals surface area contributed by atoms with E-state index in [1.165, 1.54) is 16.8 Å². The molecule has 92 valence electrons. The van der Waals surface area contributed by atoms with Crippen LogP contribution >= 0.6 is 0 Å². The lowest BCUT2D eigenvalue weighted by Crippen LogP contribution is -2.50. The molecule has 0 aromatic heterocycles. The maximum Gasteiger partial charge on any atom is 0.314 e. The van der Waals surface area contributed by atoms with Crippen molar-refractivity contribution in [3.8, 4) is 0 Å². The molecule has 0 radical (unpaired) electrons. The monoisotopic (exact) mass is 233 g/mol. The molecular weight excluding hydrogens is 214 g/mol. The number of urea groups is 1. The van der Waals surface area contributed by atoms with Crippen molar-refractivity contribution in [3.05, 3.63) is 29.3 Å². The Bertz CT molecular complexity index is 402. The number of hydrogen-bond acceptors (Lipinski definition) is 2. The summed E-state index contributed by atoms with van der Waals surface area (Å²) in [6, 6.07) is 6.23. The fourth-order valence-electron chi connectivity index (χ4n) is 2.32. The number of piperazine rings is 1. The van der Waals surface area contributed by atoms with Crippen LogP contribution in [0.25, 0.3) is 0 Å². The van der Waals surface area contributed by atoms with Gasteiger partial charge in [0, 0.05) is 31.9 Å². The lowest BCUT2D eigenvalue weighted by Gasteiger charge is -2.35. The van der Waals surface area contributed by atoms with Crippen molar-refractivity contribution in [1.82, 2.24) is 4.90 Å². The second kappa shape index (κ2) is 4.65. The molecule has 0 spiro atoms. The van der Waals surface area contributed by atoms with E-state index in [0.29, 0.717) is 13.1 Å². The third-order valence-electron chi connectivity index (χ3n) is 3.16. The van der Waals surface area contributed by atoms with Gasteiger partial charge in [0.2, 0.25) is 0 Å². The Morgan fingerprint density at radius 2 is 1.59 bits per heavy atom. The molecule has 17 heavy (non-hydrogen) atoms. The Hall–Kier alpha value is -1.71. The van der Waals surface area contributed by atoms with Crippen LogP contribution in [0.4, 0.5) is 10.5 Å². The van der Waals surface area contributed by atoms with E-state index in [9.17, 15) is 4.79 Å². The second-order valence-corrected chi connectivity index (χ2v) is 4.66. The van der Waals surface area contributed by atoms with Gasteiger partial charge in [0.25, 0.3) is 0 Å². The van der Waals surface area contributed by atoms with Crippen LogP contribution in [-0.4, -0.2) is 37.1 Å². The molecule has 0 saturated carbocycles. The average molecular weight is 233 g/mol. The van der Waals surface area contributed by atoms with Gasteiger partial charge in [-0.2, -0.15) is 0 Å². The maximum absolute atomic E-state index is 11.0. The van der Waals surface area contributed by atoms with E-state index in [4.69, 9.17) is 5.73 Å². The van der Waals surface area contributed by atoms with Crippen molar-refractivity contribution in [1.29, 1.82) is 0 Å². The van der Waals surface area contributed by atoms with Crippen molar-refractivity contribution in [2.75, 3.05) is 31.1 Å². The van der Waals surface area contributed by atoms with Gasteiger partial charge in [0.15, 0.2) is 0 Å². The van der Waals surface area contributed by atoms with E-state index in [0.717, 1.165) is 13.1 Å². The summed E-state index contributed by atoms with van der Waals surface area (Å²) >= 11 is 0. The van der Waals surface area contributed by atoms with Crippen LogP contribution < -0.4 is 10.6 Å². The van der Waals surface area contributed by atoms with Crippen LogP contribution in [0.1, 0.15) is 11.1 Å². The fourth-order valence-corrected chi connectivity index (χ4v) is 2.32. The van der Waals surface area contributed by atoms with Gasteiger partial charge in [-0.05, 0) is 37.1 Å². The van der Waals surface area contributed by atoms with E-state index in [1.54, 1.807) is 4.90 Å². The van der Waals surface area contributed by atoms with Crippen molar-refractivity contribution in [3.63, 3.8) is 0 Å². The van der Waals surface area contributed by atoms with Crippen LogP contribution in [0.2, 0.25) is 0 Å². The molecule has 2 amide bonds. The standard InChI is InChI=1S/C13H19N3O/c1-10-7-11(2)9-12(8-10)15-3-5-16(6-4-15)13(14)17/h7-9H,3-6H2,1-2H3,(H2,14,17). The molecule has 1 aliphatic rings. The summed E-state index contributed by atoms with van der Waals surface area (Å²) < 4.78 is 0. The van der Waals surface area contributed by atoms with Crippen molar-refractivity contribution in [2.24, 2.45) is 5.73 Å². The molecule has 1 fully saturated rings. The molecule has 2 rings (SSSR count). The van der Waals surface area contributed by atoms with Gasteiger partial charge in [-0.1, -0.05) is 6.07 Å². The summed E-state index contributed by atoms with van der Waals surface area (Å²) in [4.78, 5) is 15.0. The van der Waals surface area contributed by atoms with Gasteiger partial charge < -0.3 is 15.5 Å². The SMILES string of the molecule is Cc1cc(C)cc(N2CCN(C(N)=O)CC2)c1. The molecule has 2 N–H and O–H groups in total. The van der Waals surface area contributed by atoms with Crippen LogP contribution in [0.15, 0.2) is 18.2 Å². The minimum Gasteiger partial charge on any atom is -0.368 e. The molecule has 0 aliphatic carbocycles. The second-order valence-electron chi connectivity index (χ2n) is 4.66. The smallest absolute Gasteiger partial charge is 0.314 e. The maximum atomic E-state index is 11.0. The number of rotatable bonds is 1. The average Bonchev–Trinajstić information content (AvgIpc) is 2.28.